The van der Waals surface area contributed by atoms with Crippen LogP contribution < -0.4 is 4.90 Å². The van der Waals surface area contributed by atoms with E-state index in [1.807, 2.05) is 36.2 Å². The average Bonchev–Trinajstić information content (AvgIpc) is 2.45. The molecule has 0 radical (unpaired) electrons. The van der Waals surface area contributed by atoms with Crippen LogP contribution >= 0.6 is 15.9 Å². The van der Waals surface area contributed by atoms with E-state index in [1.54, 1.807) is 12.1 Å². The Morgan fingerprint density at radius 3 is 2.65 bits per heavy atom. The third kappa shape index (κ3) is 3.67. The number of nitrogens with zero attached hydrogens (tertiary/aromatic N) is 1. The monoisotopic (exact) mass is 335 g/mol. The van der Waals surface area contributed by atoms with Crippen molar-refractivity contribution >= 4 is 27.4 Å². The maximum absolute atomic E-state index is 13.1. The molecule has 0 aliphatic carbocycles. The van der Waals surface area contributed by atoms with Crippen molar-refractivity contribution in [1.29, 1.82) is 0 Å². The zero-order chi connectivity index (χ0) is 14.5. The minimum absolute atomic E-state index is 0.0701. The van der Waals surface area contributed by atoms with Crippen LogP contribution in [0.2, 0.25) is 0 Å². The normalized spacial score (nSPS) is 10.3. The molecule has 0 unspecified atom stereocenters. The highest BCUT2D eigenvalue weighted by molar-refractivity contribution is 9.10. The van der Waals surface area contributed by atoms with Crippen molar-refractivity contribution < 1.29 is 9.18 Å². The van der Waals surface area contributed by atoms with Crippen molar-refractivity contribution in [3.8, 4) is 0 Å². The zero-order valence-corrected chi connectivity index (χ0v) is 12.7. The first-order chi connectivity index (χ1) is 9.58. The molecule has 0 aliphatic heterocycles. The molecule has 20 heavy (non-hydrogen) atoms. The molecule has 0 atom stereocenters. The number of rotatable bonds is 5. The van der Waals surface area contributed by atoms with Crippen molar-refractivity contribution in [2.24, 2.45) is 0 Å². The maximum Gasteiger partial charge on any atom is 0.165 e. The van der Waals surface area contributed by atoms with Gasteiger partial charge in [0.05, 0.1) is 0 Å². The molecule has 2 aromatic rings. The Kier molecular flexibility index (Phi) is 4.90. The number of halogens is 2. The van der Waals surface area contributed by atoms with Gasteiger partial charge in [-0.15, -0.1) is 0 Å². The molecule has 2 aromatic carbocycles. The number of Topliss-reactive ketones (excluding diaryl/α,β-unsaturated/α-hetero) is 1. The van der Waals surface area contributed by atoms with Crippen LogP contribution in [0.4, 0.5) is 10.1 Å². The molecule has 0 N–H and O–H groups in total. The Hall–Kier alpha value is -1.68. The van der Waals surface area contributed by atoms with Crippen molar-refractivity contribution in [3.63, 3.8) is 0 Å². The molecule has 0 fully saturated rings. The summed E-state index contributed by atoms with van der Waals surface area (Å²) in [5, 5.41) is 0. The molecule has 2 nitrogen and oxygen atoms in total. The van der Waals surface area contributed by atoms with Gasteiger partial charge in [-0.25, -0.2) is 4.39 Å². The Morgan fingerprint density at radius 2 is 1.95 bits per heavy atom. The number of carbonyl (C=O) groups is 1. The summed E-state index contributed by atoms with van der Waals surface area (Å²) in [6.07, 6.45) is 0.385. The van der Waals surface area contributed by atoms with Crippen LogP contribution in [0, 0.1) is 5.82 Å². The molecule has 104 valence electrons. The first-order valence-corrected chi connectivity index (χ1v) is 7.11. The first-order valence-electron chi connectivity index (χ1n) is 6.32. The molecule has 0 bridgehead atoms. The van der Waals surface area contributed by atoms with Gasteiger partial charge in [-0.2, -0.15) is 0 Å². The minimum Gasteiger partial charge on any atom is -0.374 e. The predicted molar refractivity (Wildman–Crippen MR) is 82.8 cm³/mol. The summed E-state index contributed by atoms with van der Waals surface area (Å²) in [6.45, 7) is 0.545. The third-order valence-electron chi connectivity index (χ3n) is 3.10. The van der Waals surface area contributed by atoms with E-state index < -0.39 is 0 Å². The average molecular weight is 336 g/mol. The van der Waals surface area contributed by atoms with Gasteiger partial charge in [0.15, 0.2) is 5.78 Å². The van der Waals surface area contributed by atoms with E-state index in [9.17, 15) is 9.18 Å². The summed E-state index contributed by atoms with van der Waals surface area (Å²) >= 11 is 3.37. The lowest BCUT2D eigenvalue weighted by atomic mass is 10.1. The van der Waals surface area contributed by atoms with Crippen molar-refractivity contribution in [2.75, 3.05) is 18.5 Å². The Morgan fingerprint density at radius 1 is 1.20 bits per heavy atom. The summed E-state index contributed by atoms with van der Waals surface area (Å²) in [5.41, 5.74) is 1.45. The lowest BCUT2D eigenvalue weighted by Crippen LogP contribution is -2.21. The van der Waals surface area contributed by atoms with Gasteiger partial charge in [0, 0.05) is 35.7 Å². The van der Waals surface area contributed by atoms with Crippen LogP contribution in [0.25, 0.3) is 0 Å². The van der Waals surface area contributed by atoms with Gasteiger partial charge in [-0.05, 0) is 24.3 Å². The van der Waals surface area contributed by atoms with Crippen LogP contribution in [0.1, 0.15) is 16.8 Å². The van der Waals surface area contributed by atoms with E-state index in [-0.39, 0.29) is 11.6 Å². The van der Waals surface area contributed by atoms with Gasteiger partial charge in [0.1, 0.15) is 5.82 Å². The van der Waals surface area contributed by atoms with Gasteiger partial charge in [0.2, 0.25) is 0 Å². The summed E-state index contributed by atoms with van der Waals surface area (Å²) in [7, 11) is 1.85. The first kappa shape index (κ1) is 14.7. The van der Waals surface area contributed by atoms with Crippen molar-refractivity contribution in [3.05, 3.63) is 64.4 Å². The Labute approximate surface area is 126 Å². The summed E-state index contributed by atoms with van der Waals surface area (Å²) < 4.78 is 13.9. The van der Waals surface area contributed by atoms with E-state index in [4.69, 9.17) is 0 Å². The van der Waals surface area contributed by atoms with Gasteiger partial charge < -0.3 is 4.90 Å². The summed E-state index contributed by atoms with van der Waals surface area (Å²) in [6, 6.07) is 13.7. The number of benzene rings is 2. The molecule has 0 saturated carbocycles. The van der Waals surface area contributed by atoms with Crippen LogP contribution in [-0.2, 0) is 0 Å². The van der Waals surface area contributed by atoms with E-state index in [2.05, 4.69) is 15.9 Å². The van der Waals surface area contributed by atoms with E-state index in [1.165, 1.54) is 12.1 Å². The summed E-state index contributed by atoms with van der Waals surface area (Å²) in [5.74, 6) is -0.202. The van der Waals surface area contributed by atoms with E-state index in [0.717, 1.165) is 10.2 Å². The van der Waals surface area contributed by atoms with Crippen LogP contribution in [0.15, 0.2) is 53.0 Å². The highest BCUT2D eigenvalue weighted by Crippen LogP contribution is 2.19. The number of hydrogen-bond acceptors (Lipinski definition) is 2. The Balaban J connectivity index is 1.99. The fourth-order valence-electron chi connectivity index (χ4n) is 1.93. The molecule has 0 heterocycles. The van der Waals surface area contributed by atoms with Gasteiger partial charge in [-0.1, -0.05) is 40.2 Å². The van der Waals surface area contributed by atoms with Crippen LogP contribution in [-0.4, -0.2) is 19.4 Å². The third-order valence-corrected chi connectivity index (χ3v) is 3.79. The van der Waals surface area contributed by atoms with Crippen LogP contribution in [0.3, 0.4) is 0 Å². The molecule has 0 aliphatic rings. The molecule has 0 spiro atoms. The number of hydrogen-bond donors (Lipinski definition) is 0. The minimum atomic E-state index is -0.272. The SMILES string of the molecule is CN(CCC(=O)c1ccccc1Br)c1cccc(F)c1. The molecule has 4 heteroatoms. The second kappa shape index (κ2) is 6.66. The van der Waals surface area contributed by atoms with Crippen molar-refractivity contribution in [2.45, 2.75) is 6.42 Å². The highest BCUT2D eigenvalue weighted by atomic mass is 79.9. The largest absolute Gasteiger partial charge is 0.374 e. The second-order valence-electron chi connectivity index (χ2n) is 4.55. The lowest BCUT2D eigenvalue weighted by Gasteiger charge is -2.19. The second-order valence-corrected chi connectivity index (χ2v) is 5.41. The molecule has 0 saturated heterocycles. The smallest absolute Gasteiger partial charge is 0.165 e. The zero-order valence-electron chi connectivity index (χ0n) is 11.1. The highest BCUT2D eigenvalue weighted by Gasteiger charge is 2.11. The molecular formula is C16H15BrFNO. The fourth-order valence-corrected chi connectivity index (χ4v) is 2.44. The van der Waals surface area contributed by atoms with Gasteiger partial charge in [0.25, 0.3) is 0 Å². The molecule has 2 rings (SSSR count). The molecule has 0 aromatic heterocycles. The standard InChI is InChI=1S/C16H15BrFNO/c1-19(13-6-4-5-12(18)11-13)10-9-16(20)14-7-2-3-8-15(14)17/h2-8,11H,9-10H2,1H3. The topological polar surface area (TPSA) is 20.3 Å². The van der Waals surface area contributed by atoms with E-state index >= 15 is 0 Å². The Bertz CT molecular complexity index is 615. The van der Waals surface area contributed by atoms with Gasteiger partial charge in [-0.3, -0.25) is 4.79 Å². The van der Waals surface area contributed by atoms with E-state index in [0.29, 0.717) is 18.5 Å². The lowest BCUT2D eigenvalue weighted by molar-refractivity contribution is 0.0984. The summed E-state index contributed by atoms with van der Waals surface area (Å²) in [4.78, 5) is 14.0. The predicted octanol–water partition coefficient (Wildman–Crippen LogP) is 4.30. The number of anilines is 1. The number of ketones is 1. The van der Waals surface area contributed by atoms with Crippen LogP contribution in [0.5, 0.6) is 0 Å². The quantitative estimate of drug-likeness (QED) is 0.759. The molecule has 0 amide bonds. The maximum atomic E-state index is 13.1. The van der Waals surface area contributed by atoms with Crippen molar-refractivity contribution in [1.82, 2.24) is 0 Å². The van der Waals surface area contributed by atoms with Gasteiger partial charge >= 0.3 is 0 Å². The fraction of sp³-hybridized carbons (Fsp3) is 0.188. The molecular weight excluding hydrogens is 321 g/mol. The number of carbonyl (C=O) groups excluding carboxylic acids is 1.